The van der Waals surface area contributed by atoms with Gasteiger partial charge in [-0.05, 0) is 24.3 Å². The lowest BCUT2D eigenvalue weighted by molar-refractivity contribution is 0.505. The van der Waals surface area contributed by atoms with Gasteiger partial charge in [0.05, 0.1) is 5.56 Å². The van der Waals surface area contributed by atoms with E-state index in [0.29, 0.717) is 11.1 Å². The minimum absolute atomic E-state index is 0.0289. The van der Waals surface area contributed by atoms with Gasteiger partial charge in [0.1, 0.15) is 5.52 Å². The van der Waals surface area contributed by atoms with E-state index < -0.39 is 11.6 Å². The lowest BCUT2D eigenvalue weighted by Crippen LogP contribution is -1.88. The second kappa shape index (κ2) is 3.66. The van der Waals surface area contributed by atoms with Crippen molar-refractivity contribution in [3.8, 4) is 11.5 Å². The van der Waals surface area contributed by atoms with Gasteiger partial charge in [-0.1, -0.05) is 18.2 Å². The summed E-state index contributed by atoms with van der Waals surface area (Å²) in [7, 11) is 0. The summed E-state index contributed by atoms with van der Waals surface area (Å²) in [5, 5.41) is 0. The van der Waals surface area contributed by atoms with Crippen molar-refractivity contribution in [2.45, 2.75) is 0 Å². The van der Waals surface area contributed by atoms with Gasteiger partial charge in [-0.2, -0.15) is 0 Å². The van der Waals surface area contributed by atoms with E-state index in [9.17, 15) is 8.78 Å². The van der Waals surface area contributed by atoms with Crippen molar-refractivity contribution in [3.05, 3.63) is 54.1 Å². The zero-order valence-corrected chi connectivity index (χ0v) is 8.65. The largest absolute Gasteiger partial charge is 0.436 e. The van der Waals surface area contributed by atoms with Crippen LogP contribution in [-0.4, -0.2) is 4.98 Å². The van der Waals surface area contributed by atoms with Crippen LogP contribution in [0.3, 0.4) is 0 Å². The van der Waals surface area contributed by atoms with Gasteiger partial charge >= 0.3 is 0 Å². The van der Waals surface area contributed by atoms with Gasteiger partial charge in [0.25, 0.3) is 0 Å². The lowest BCUT2D eigenvalue weighted by Gasteiger charge is -1.97. The second-order valence-corrected chi connectivity index (χ2v) is 3.59. The van der Waals surface area contributed by atoms with E-state index in [4.69, 9.17) is 4.42 Å². The van der Waals surface area contributed by atoms with Gasteiger partial charge in [0, 0.05) is 0 Å². The number of nitrogens with zero attached hydrogens (tertiary/aromatic N) is 1. The molecule has 84 valence electrons. The number of para-hydroxylation sites is 2. The Labute approximate surface area is 95.5 Å². The fraction of sp³-hybridized carbons (Fsp3) is 0. The zero-order chi connectivity index (χ0) is 11.8. The predicted octanol–water partition coefficient (Wildman–Crippen LogP) is 3.77. The molecule has 0 atom stereocenters. The van der Waals surface area contributed by atoms with Gasteiger partial charge < -0.3 is 4.42 Å². The first-order chi connectivity index (χ1) is 8.25. The maximum Gasteiger partial charge on any atom is 0.230 e. The van der Waals surface area contributed by atoms with Crippen molar-refractivity contribution in [2.75, 3.05) is 0 Å². The molecule has 0 bridgehead atoms. The molecule has 0 saturated carbocycles. The molecule has 0 aliphatic heterocycles. The number of halogens is 2. The molecule has 0 spiro atoms. The number of hydrogen-bond donors (Lipinski definition) is 0. The van der Waals surface area contributed by atoms with Crippen LogP contribution in [0.25, 0.3) is 22.6 Å². The quantitative estimate of drug-likeness (QED) is 0.637. The molecule has 2 aromatic carbocycles. The third-order valence-corrected chi connectivity index (χ3v) is 2.48. The first-order valence-electron chi connectivity index (χ1n) is 5.05. The summed E-state index contributed by atoms with van der Waals surface area (Å²) < 4.78 is 32.0. The minimum atomic E-state index is -0.945. The van der Waals surface area contributed by atoms with Gasteiger partial charge in [-0.25, -0.2) is 13.8 Å². The minimum Gasteiger partial charge on any atom is -0.436 e. The Balaban J connectivity index is 2.24. The summed E-state index contributed by atoms with van der Waals surface area (Å²) in [6, 6.07) is 11.0. The Kier molecular flexibility index (Phi) is 2.14. The normalized spacial score (nSPS) is 10.9. The van der Waals surface area contributed by atoms with Gasteiger partial charge in [-0.15, -0.1) is 0 Å². The van der Waals surface area contributed by atoms with Crippen LogP contribution in [0.15, 0.2) is 46.9 Å². The molecule has 0 amide bonds. The van der Waals surface area contributed by atoms with E-state index in [-0.39, 0.29) is 11.5 Å². The van der Waals surface area contributed by atoms with Crippen molar-refractivity contribution in [2.24, 2.45) is 0 Å². The number of rotatable bonds is 1. The van der Waals surface area contributed by atoms with Crippen molar-refractivity contribution >= 4 is 11.1 Å². The number of aromatic nitrogens is 1. The smallest absolute Gasteiger partial charge is 0.230 e. The molecule has 3 rings (SSSR count). The van der Waals surface area contributed by atoms with Crippen LogP contribution < -0.4 is 0 Å². The standard InChI is InChI=1S/C13H7F2NO/c14-9-5-3-4-8(12(9)15)13-16-10-6-1-2-7-11(10)17-13/h1-7H. The molecule has 1 heterocycles. The third-order valence-electron chi connectivity index (χ3n) is 2.48. The van der Waals surface area contributed by atoms with E-state index in [1.807, 2.05) is 0 Å². The average molecular weight is 231 g/mol. The molecule has 3 aromatic rings. The third kappa shape index (κ3) is 1.58. The molecule has 0 N–H and O–H groups in total. The zero-order valence-electron chi connectivity index (χ0n) is 8.65. The first-order valence-corrected chi connectivity index (χ1v) is 5.05. The molecule has 2 nitrogen and oxygen atoms in total. The molecule has 1 aromatic heterocycles. The highest BCUT2D eigenvalue weighted by Crippen LogP contribution is 2.27. The average Bonchev–Trinajstić information content (AvgIpc) is 2.76. The van der Waals surface area contributed by atoms with Crippen molar-refractivity contribution in [1.82, 2.24) is 4.98 Å². The highest BCUT2D eigenvalue weighted by molar-refractivity contribution is 5.76. The summed E-state index contributed by atoms with van der Waals surface area (Å²) in [6.07, 6.45) is 0. The maximum absolute atomic E-state index is 13.5. The van der Waals surface area contributed by atoms with Crippen molar-refractivity contribution < 1.29 is 13.2 Å². The van der Waals surface area contributed by atoms with Gasteiger partial charge in [0.15, 0.2) is 17.2 Å². The van der Waals surface area contributed by atoms with Crippen molar-refractivity contribution in [1.29, 1.82) is 0 Å². The van der Waals surface area contributed by atoms with Crippen molar-refractivity contribution in [3.63, 3.8) is 0 Å². The molecular weight excluding hydrogens is 224 g/mol. The number of oxazole rings is 1. The van der Waals surface area contributed by atoms with Crippen LogP contribution in [0.1, 0.15) is 0 Å². The fourth-order valence-electron chi connectivity index (χ4n) is 1.66. The summed E-state index contributed by atoms with van der Waals surface area (Å²) in [5.74, 6) is -1.77. The van der Waals surface area contributed by atoms with E-state index in [2.05, 4.69) is 4.98 Å². The Morgan fingerprint density at radius 3 is 2.59 bits per heavy atom. The Morgan fingerprint density at radius 1 is 0.941 bits per heavy atom. The maximum atomic E-state index is 13.5. The molecular formula is C13H7F2NO. The summed E-state index contributed by atoms with van der Waals surface area (Å²) in [4.78, 5) is 4.11. The molecule has 0 aliphatic rings. The highest BCUT2D eigenvalue weighted by atomic mass is 19.2. The Bertz CT molecular complexity index is 658. The van der Waals surface area contributed by atoms with Crippen LogP contribution in [0, 0.1) is 11.6 Å². The Morgan fingerprint density at radius 2 is 1.76 bits per heavy atom. The first kappa shape index (κ1) is 9.96. The van der Waals surface area contributed by atoms with E-state index in [0.717, 1.165) is 6.07 Å². The van der Waals surface area contributed by atoms with Crippen LogP contribution in [-0.2, 0) is 0 Å². The summed E-state index contributed by atoms with van der Waals surface area (Å²) in [5.41, 5.74) is 1.19. The molecule has 0 saturated heterocycles. The van der Waals surface area contributed by atoms with E-state index in [1.165, 1.54) is 12.1 Å². The summed E-state index contributed by atoms with van der Waals surface area (Å²) >= 11 is 0. The van der Waals surface area contributed by atoms with Crippen LogP contribution in [0.2, 0.25) is 0 Å². The molecule has 0 aliphatic carbocycles. The molecule has 4 heteroatoms. The number of benzene rings is 2. The monoisotopic (exact) mass is 231 g/mol. The molecule has 0 unspecified atom stereocenters. The van der Waals surface area contributed by atoms with Gasteiger partial charge in [0.2, 0.25) is 5.89 Å². The molecule has 0 radical (unpaired) electrons. The molecule has 0 fully saturated rings. The van der Waals surface area contributed by atoms with E-state index >= 15 is 0 Å². The Hall–Kier alpha value is -2.23. The van der Waals surface area contributed by atoms with Gasteiger partial charge in [-0.3, -0.25) is 0 Å². The number of hydrogen-bond acceptors (Lipinski definition) is 2. The lowest BCUT2D eigenvalue weighted by atomic mass is 10.2. The second-order valence-electron chi connectivity index (χ2n) is 3.59. The van der Waals surface area contributed by atoms with E-state index in [1.54, 1.807) is 24.3 Å². The predicted molar refractivity (Wildman–Crippen MR) is 59.4 cm³/mol. The fourth-order valence-corrected chi connectivity index (χ4v) is 1.66. The topological polar surface area (TPSA) is 26.0 Å². The van der Waals surface area contributed by atoms with Crippen LogP contribution >= 0.6 is 0 Å². The van der Waals surface area contributed by atoms with Crippen LogP contribution in [0.5, 0.6) is 0 Å². The highest BCUT2D eigenvalue weighted by Gasteiger charge is 2.14. The molecule has 17 heavy (non-hydrogen) atoms. The number of fused-ring (bicyclic) bond motifs is 1. The SMILES string of the molecule is Fc1cccc(-c2nc3ccccc3o2)c1F. The van der Waals surface area contributed by atoms with Crippen LogP contribution in [0.4, 0.5) is 8.78 Å². The summed E-state index contributed by atoms with van der Waals surface area (Å²) in [6.45, 7) is 0.